The van der Waals surface area contributed by atoms with E-state index < -0.39 is 0 Å². The van der Waals surface area contributed by atoms with E-state index in [1.54, 1.807) is 0 Å². The summed E-state index contributed by atoms with van der Waals surface area (Å²) in [6.45, 7) is 2.27. The molecule has 2 aromatic rings. The summed E-state index contributed by atoms with van der Waals surface area (Å²) in [7, 11) is 0. The molecule has 0 aliphatic heterocycles. The first-order valence-corrected chi connectivity index (χ1v) is 8.31. The molecule has 1 aliphatic rings. The average Bonchev–Trinajstić information content (AvgIpc) is 2.99. The molecule has 2 atom stereocenters. The van der Waals surface area contributed by atoms with Gasteiger partial charge in [-0.15, -0.1) is 5.10 Å². The third-order valence-electron chi connectivity index (χ3n) is 4.43. The number of benzene rings is 1. The zero-order chi connectivity index (χ0) is 14.8. The van der Waals surface area contributed by atoms with E-state index in [4.69, 9.17) is 5.73 Å². The van der Waals surface area contributed by atoms with Crippen molar-refractivity contribution < 1.29 is 0 Å². The Kier molecular flexibility index (Phi) is 4.24. The Labute approximate surface area is 133 Å². The van der Waals surface area contributed by atoms with E-state index in [1.165, 1.54) is 25.7 Å². The molecule has 0 saturated heterocycles. The number of nitrogens with two attached hydrogens (primary N) is 1. The molecule has 3 rings (SSSR count). The van der Waals surface area contributed by atoms with Crippen molar-refractivity contribution in [1.29, 1.82) is 0 Å². The number of halogens is 1. The summed E-state index contributed by atoms with van der Waals surface area (Å²) < 4.78 is 2.89. The van der Waals surface area contributed by atoms with Crippen LogP contribution >= 0.6 is 15.9 Å². The van der Waals surface area contributed by atoms with Crippen molar-refractivity contribution in [1.82, 2.24) is 20.2 Å². The molecule has 0 spiro atoms. The number of hydrogen-bond donors (Lipinski definition) is 1. The lowest BCUT2D eigenvalue weighted by molar-refractivity contribution is 0.246. The van der Waals surface area contributed by atoms with Crippen LogP contribution in [0.1, 0.15) is 45.1 Å². The fourth-order valence-corrected chi connectivity index (χ4v) is 3.41. The van der Waals surface area contributed by atoms with Gasteiger partial charge in [-0.2, -0.15) is 0 Å². The largest absolute Gasteiger partial charge is 0.398 e. The Balaban J connectivity index is 1.91. The smallest absolute Gasteiger partial charge is 0.182 e. The number of nitrogen functional groups attached to an aromatic ring is 1. The van der Waals surface area contributed by atoms with E-state index in [2.05, 4.69) is 38.4 Å². The summed E-state index contributed by atoms with van der Waals surface area (Å²) in [5.74, 6) is 1.60. The van der Waals surface area contributed by atoms with Crippen molar-refractivity contribution >= 4 is 21.6 Å². The summed E-state index contributed by atoms with van der Waals surface area (Å²) in [5.41, 5.74) is 7.65. The monoisotopic (exact) mass is 349 g/mol. The lowest BCUT2D eigenvalue weighted by Crippen LogP contribution is -2.20. The van der Waals surface area contributed by atoms with Crippen molar-refractivity contribution in [3.05, 3.63) is 22.7 Å². The number of tetrazole rings is 1. The molecule has 2 unspecified atom stereocenters. The summed E-state index contributed by atoms with van der Waals surface area (Å²) in [4.78, 5) is 0. The summed E-state index contributed by atoms with van der Waals surface area (Å²) in [6, 6.07) is 6.27. The van der Waals surface area contributed by atoms with E-state index in [1.807, 2.05) is 22.9 Å². The fraction of sp³-hybridized carbons (Fsp3) is 0.533. The molecular weight excluding hydrogens is 330 g/mol. The van der Waals surface area contributed by atoms with Crippen LogP contribution < -0.4 is 5.73 Å². The van der Waals surface area contributed by atoms with Gasteiger partial charge < -0.3 is 5.73 Å². The molecular formula is C15H20BrN5. The highest BCUT2D eigenvalue weighted by Gasteiger charge is 2.25. The van der Waals surface area contributed by atoms with Gasteiger partial charge in [0.2, 0.25) is 0 Å². The Bertz CT molecular complexity index is 624. The second-order valence-corrected chi connectivity index (χ2v) is 6.63. The molecule has 1 fully saturated rings. The molecule has 0 amide bonds. The minimum absolute atomic E-state index is 0.401. The Morgan fingerprint density at radius 3 is 3.00 bits per heavy atom. The van der Waals surface area contributed by atoms with E-state index >= 15 is 0 Å². The predicted octanol–water partition coefficient (Wildman–Crippen LogP) is 3.83. The first-order valence-electron chi connectivity index (χ1n) is 7.52. The third-order valence-corrected chi connectivity index (χ3v) is 5.15. The van der Waals surface area contributed by atoms with Crippen LogP contribution in [0.5, 0.6) is 0 Å². The van der Waals surface area contributed by atoms with Crippen LogP contribution in [-0.4, -0.2) is 20.2 Å². The van der Waals surface area contributed by atoms with E-state index in [0.29, 0.717) is 11.7 Å². The van der Waals surface area contributed by atoms with Crippen molar-refractivity contribution in [3.8, 4) is 11.4 Å². The number of anilines is 1. The number of hydrogen-bond acceptors (Lipinski definition) is 4. The van der Waals surface area contributed by atoms with E-state index in [-0.39, 0.29) is 0 Å². The molecule has 112 valence electrons. The fourth-order valence-electron chi connectivity index (χ4n) is 3.17. The topological polar surface area (TPSA) is 69.6 Å². The standard InChI is InChI=1S/C15H20BrN5/c1-2-10-4-3-5-12(8-10)21-15(18-19-20-21)11-6-7-13(16)14(17)9-11/h6-7,9-10,12H,2-5,8,17H2,1H3. The summed E-state index contributed by atoms with van der Waals surface area (Å²) in [6.07, 6.45) is 6.14. The molecule has 2 N–H and O–H groups in total. The van der Waals surface area contributed by atoms with E-state index in [9.17, 15) is 0 Å². The summed E-state index contributed by atoms with van der Waals surface area (Å²) in [5, 5.41) is 12.3. The molecule has 1 heterocycles. The van der Waals surface area contributed by atoms with Gasteiger partial charge in [-0.1, -0.05) is 26.2 Å². The Morgan fingerprint density at radius 2 is 2.24 bits per heavy atom. The zero-order valence-electron chi connectivity index (χ0n) is 12.2. The van der Waals surface area contributed by atoms with Gasteiger partial charge in [-0.25, -0.2) is 4.68 Å². The molecule has 5 nitrogen and oxygen atoms in total. The third kappa shape index (κ3) is 2.95. The zero-order valence-corrected chi connectivity index (χ0v) is 13.8. The van der Waals surface area contributed by atoms with E-state index in [0.717, 1.165) is 28.2 Å². The number of rotatable bonds is 3. The number of nitrogens with zero attached hydrogens (tertiary/aromatic N) is 4. The molecule has 1 aliphatic carbocycles. The average molecular weight is 350 g/mol. The van der Waals surface area contributed by atoms with Gasteiger partial charge in [0.25, 0.3) is 0 Å². The normalized spacial score (nSPS) is 22.4. The van der Waals surface area contributed by atoms with Gasteiger partial charge in [0.05, 0.1) is 6.04 Å². The minimum atomic E-state index is 0.401. The molecule has 0 bridgehead atoms. The summed E-state index contributed by atoms with van der Waals surface area (Å²) >= 11 is 3.42. The van der Waals surface area contributed by atoms with Crippen LogP contribution in [0, 0.1) is 5.92 Å². The first-order chi connectivity index (χ1) is 10.2. The second-order valence-electron chi connectivity index (χ2n) is 5.78. The van der Waals surface area contributed by atoms with Crippen LogP contribution in [0.15, 0.2) is 22.7 Å². The Morgan fingerprint density at radius 1 is 1.38 bits per heavy atom. The minimum Gasteiger partial charge on any atom is -0.398 e. The van der Waals surface area contributed by atoms with Crippen molar-refractivity contribution in [2.75, 3.05) is 5.73 Å². The highest BCUT2D eigenvalue weighted by atomic mass is 79.9. The van der Waals surface area contributed by atoms with Gasteiger partial charge in [0, 0.05) is 15.7 Å². The van der Waals surface area contributed by atoms with Crippen LogP contribution in [-0.2, 0) is 0 Å². The van der Waals surface area contributed by atoms with Gasteiger partial charge >= 0.3 is 0 Å². The number of aromatic nitrogens is 4. The second kappa shape index (κ2) is 6.13. The van der Waals surface area contributed by atoms with Gasteiger partial charge in [-0.3, -0.25) is 0 Å². The molecule has 21 heavy (non-hydrogen) atoms. The molecule has 1 aromatic heterocycles. The molecule has 1 aromatic carbocycles. The van der Waals surface area contributed by atoms with Crippen molar-refractivity contribution in [2.24, 2.45) is 5.92 Å². The molecule has 6 heteroatoms. The highest BCUT2D eigenvalue weighted by molar-refractivity contribution is 9.10. The Hall–Kier alpha value is -1.43. The maximum Gasteiger partial charge on any atom is 0.182 e. The van der Waals surface area contributed by atoms with Gasteiger partial charge in [0.1, 0.15) is 0 Å². The van der Waals surface area contributed by atoms with Crippen LogP contribution in [0.25, 0.3) is 11.4 Å². The lowest BCUT2D eigenvalue weighted by atomic mass is 9.84. The predicted molar refractivity (Wildman–Crippen MR) is 86.7 cm³/mol. The quantitative estimate of drug-likeness (QED) is 0.855. The van der Waals surface area contributed by atoms with Crippen LogP contribution in [0.2, 0.25) is 0 Å². The maximum atomic E-state index is 5.97. The van der Waals surface area contributed by atoms with Crippen molar-refractivity contribution in [2.45, 2.75) is 45.1 Å². The highest BCUT2D eigenvalue weighted by Crippen LogP contribution is 2.36. The first kappa shape index (κ1) is 14.5. The SMILES string of the molecule is CCC1CCCC(n2nnnc2-c2ccc(Br)c(N)c2)C1. The van der Waals surface area contributed by atoms with Crippen molar-refractivity contribution in [3.63, 3.8) is 0 Å². The lowest BCUT2D eigenvalue weighted by Gasteiger charge is -2.28. The maximum absolute atomic E-state index is 5.97. The van der Waals surface area contributed by atoms with Crippen LogP contribution in [0.4, 0.5) is 5.69 Å². The van der Waals surface area contributed by atoms with Gasteiger partial charge in [-0.05, 0) is 63.3 Å². The van der Waals surface area contributed by atoms with Crippen LogP contribution in [0.3, 0.4) is 0 Å². The molecule has 0 radical (unpaired) electrons. The molecule has 1 saturated carbocycles. The van der Waals surface area contributed by atoms with Gasteiger partial charge in [0.15, 0.2) is 5.82 Å².